The topological polar surface area (TPSA) is 72.8 Å². The lowest BCUT2D eigenvalue weighted by Gasteiger charge is -2.01. The van der Waals surface area contributed by atoms with Gasteiger partial charge < -0.3 is 14.6 Å². The van der Waals surface area contributed by atoms with E-state index in [4.69, 9.17) is 0 Å². The molecule has 0 aliphatic rings. The lowest BCUT2D eigenvalue weighted by atomic mass is 10.1. The molecular formula is C13H12O5. The number of esters is 2. The Morgan fingerprint density at radius 3 is 2.56 bits per heavy atom. The van der Waals surface area contributed by atoms with E-state index in [9.17, 15) is 14.7 Å². The van der Waals surface area contributed by atoms with Gasteiger partial charge in [-0.25, -0.2) is 4.79 Å². The van der Waals surface area contributed by atoms with E-state index in [0.717, 1.165) is 0 Å². The highest BCUT2D eigenvalue weighted by Crippen LogP contribution is 2.18. The van der Waals surface area contributed by atoms with Crippen LogP contribution in [0, 0.1) is 11.8 Å². The van der Waals surface area contributed by atoms with E-state index in [1.165, 1.54) is 32.4 Å². The summed E-state index contributed by atoms with van der Waals surface area (Å²) < 4.78 is 8.93. The summed E-state index contributed by atoms with van der Waals surface area (Å²) in [6.45, 7) is 0. The van der Waals surface area contributed by atoms with Crippen molar-refractivity contribution in [1.82, 2.24) is 0 Å². The molecule has 0 saturated heterocycles. The van der Waals surface area contributed by atoms with Gasteiger partial charge in [0.1, 0.15) is 12.2 Å². The first-order valence-electron chi connectivity index (χ1n) is 5.05. The average Bonchev–Trinajstić information content (AvgIpc) is 2.39. The molecule has 1 N–H and O–H groups in total. The first-order valence-corrected chi connectivity index (χ1v) is 5.05. The summed E-state index contributed by atoms with van der Waals surface area (Å²) in [6, 6.07) is 4.22. The van der Waals surface area contributed by atoms with Crippen molar-refractivity contribution >= 4 is 11.9 Å². The Balaban J connectivity index is 2.86. The van der Waals surface area contributed by atoms with Gasteiger partial charge in [-0.2, -0.15) is 0 Å². The van der Waals surface area contributed by atoms with E-state index in [1.807, 2.05) is 0 Å². The first kappa shape index (κ1) is 13.6. The summed E-state index contributed by atoms with van der Waals surface area (Å²) in [5, 5.41) is 9.63. The molecule has 0 spiro atoms. The summed E-state index contributed by atoms with van der Waals surface area (Å²) in [6.07, 6.45) is -0.0608. The van der Waals surface area contributed by atoms with Gasteiger partial charge in [-0.3, -0.25) is 4.79 Å². The fraction of sp³-hybridized carbons (Fsp3) is 0.231. The number of methoxy groups -OCH3 is 2. The van der Waals surface area contributed by atoms with Gasteiger partial charge in [0, 0.05) is 0 Å². The summed E-state index contributed by atoms with van der Waals surface area (Å²) >= 11 is 0. The van der Waals surface area contributed by atoms with Crippen molar-refractivity contribution in [2.24, 2.45) is 0 Å². The molecule has 0 aromatic heterocycles. The second kappa shape index (κ2) is 6.30. The van der Waals surface area contributed by atoms with Gasteiger partial charge in [0.25, 0.3) is 0 Å². The molecule has 0 amide bonds. The highest BCUT2D eigenvalue weighted by Gasteiger charge is 2.07. The second-order valence-corrected chi connectivity index (χ2v) is 3.28. The SMILES string of the molecule is COC(=O)CC#Cc1ccc(C(=O)OC)cc1O. The van der Waals surface area contributed by atoms with Crippen LogP contribution in [0.1, 0.15) is 22.3 Å². The monoisotopic (exact) mass is 248 g/mol. The van der Waals surface area contributed by atoms with Crippen LogP contribution < -0.4 is 0 Å². The van der Waals surface area contributed by atoms with Crippen LogP contribution in [0.2, 0.25) is 0 Å². The lowest BCUT2D eigenvalue weighted by Crippen LogP contribution is -2.00. The molecule has 0 radical (unpaired) electrons. The number of hydrogen-bond acceptors (Lipinski definition) is 5. The maximum Gasteiger partial charge on any atom is 0.337 e. The van der Waals surface area contributed by atoms with Gasteiger partial charge in [0.05, 0.1) is 25.3 Å². The molecule has 0 atom stereocenters. The highest BCUT2D eigenvalue weighted by atomic mass is 16.5. The minimum absolute atomic E-state index is 0.0608. The van der Waals surface area contributed by atoms with Crippen LogP contribution in [0.5, 0.6) is 5.75 Å². The zero-order valence-electron chi connectivity index (χ0n) is 10.0. The number of hydrogen-bond donors (Lipinski definition) is 1. The standard InChI is InChI=1S/C13H12O5/c1-17-12(15)5-3-4-9-6-7-10(8-11(9)14)13(16)18-2/h6-8,14H,5H2,1-2H3. The molecule has 0 aliphatic carbocycles. The van der Waals surface area contributed by atoms with E-state index in [-0.39, 0.29) is 17.7 Å². The van der Waals surface area contributed by atoms with Crippen LogP contribution in [0.3, 0.4) is 0 Å². The maximum atomic E-state index is 11.2. The molecule has 18 heavy (non-hydrogen) atoms. The molecule has 0 saturated carbocycles. The predicted octanol–water partition coefficient (Wildman–Crippen LogP) is 1.09. The molecule has 0 aliphatic heterocycles. The van der Waals surface area contributed by atoms with Crippen molar-refractivity contribution in [1.29, 1.82) is 0 Å². The number of carbonyl (C=O) groups is 2. The zero-order chi connectivity index (χ0) is 13.5. The van der Waals surface area contributed by atoms with Gasteiger partial charge in [-0.15, -0.1) is 0 Å². The molecular weight excluding hydrogens is 236 g/mol. The number of phenols is 1. The summed E-state index contributed by atoms with van der Waals surface area (Å²) in [7, 11) is 2.52. The third-order valence-electron chi connectivity index (χ3n) is 2.10. The molecule has 0 bridgehead atoms. The molecule has 0 unspecified atom stereocenters. The van der Waals surface area contributed by atoms with E-state index in [1.54, 1.807) is 0 Å². The minimum atomic E-state index is -0.542. The van der Waals surface area contributed by atoms with E-state index in [2.05, 4.69) is 21.3 Å². The molecule has 0 fully saturated rings. The van der Waals surface area contributed by atoms with Gasteiger partial charge in [0.2, 0.25) is 0 Å². The normalized spacial score (nSPS) is 9.00. The number of rotatable bonds is 2. The van der Waals surface area contributed by atoms with Gasteiger partial charge in [-0.05, 0) is 18.2 Å². The third-order valence-corrected chi connectivity index (χ3v) is 2.10. The van der Waals surface area contributed by atoms with Crippen LogP contribution in [-0.2, 0) is 14.3 Å². The Labute approximate surface area is 104 Å². The van der Waals surface area contributed by atoms with Crippen molar-refractivity contribution in [2.75, 3.05) is 14.2 Å². The molecule has 94 valence electrons. The smallest absolute Gasteiger partial charge is 0.337 e. The molecule has 1 aromatic carbocycles. The zero-order valence-corrected chi connectivity index (χ0v) is 10.0. The Kier molecular flexibility index (Phi) is 4.76. The predicted molar refractivity (Wildman–Crippen MR) is 63.0 cm³/mol. The molecule has 0 heterocycles. The van der Waals surface area contributed by atoms with Crippen LogP contribution in [0.15, 0.2) is 18.2 Å². The largest absolute Gasteiger partial charge is 0.507 e. The van der Waals surface area contributed by atoms with Crippen molar-refractivity contribution in [3.05, 3.63) is 29.3 Å². The minimum Gasteiger partial charge on any atom is -0.507 e. The number of carbonyl (C=O) groups excluding carboxylic acids is 2. The van der Waals surface area contributed by atoms with Crippen molar-refractivity contribution < 1.29 is 24.2 Å². The van der Waals surface area contributed by atoms with Crippen molar-refractivity contribution in [3.8, 4) is 17.6 Å². The van der Waals surface area contributed by atoms with Crippen LogP contribution >= 0.6 is 0 Å². The van der Waals surface area contributed by atoms with Crippen LogP contribution in [-0.4, -0.2) is 31.3 Å². The second-order valence-electron chi connectivity index (χ2n) is 3.28. The molecule has 1 aromatic rings. The molecule has 5 nitrogen and oxygen atoms in total. The number of aromatic hydroxyl groups is 1. The van der Waals surface area contributed by atoms with E-state index < -0.39 is 11.9 Å². The van der Waals surface area contributed by atoms with Crippen LogP contribution in [0.25, 0.3) is 0 Å². The fourth-order valence-electron chi connectivity index (χ4n) is 1.17. The number of ether oxygens (including phenoxy) is 2. The first-order chi connectivity index (χ1) is 8.58. The van der Waals surface area contributed by atoms with E-state index >= 15 is 0 Å². The Hall–Kier alpha value is -2.48. The van der Waals surface area contributed by atoms with Crippen molar-refractivity contribution in [3.63, 3.8) is 0 Å². The summed E-state index contributed by atoms with van der Waals surface area (Å²) in [4.78, 5) is 22.0. The summed E-state index contributed by atoms with van der Waals surface area (Å²) in [5.41, 5.74) is 0.556. The van der Waals surface area contributed by atoms with Crippen LogP contribution in [0.4, 0.5) is 0 Å². The quantitative estimate of drug-likeness (QED) is 0.626. The Morgan fingerprint density at radius 2 is 2.00 bits per heavy atom. The third kappa shape index (κ3) is 3.52. The molecule has 1 rings (SSSR count). The van der Waals surface area contributed by atoms with Gasteiger partial charge >= 0.3 is 11.9 Å². The molecule has 5 heteroatoms. The lowest BCUT2D eigenvalue weighted by molar-refractivity contribution is -0.139. The number of benzene rings is 1. The fourth-order valence-corrected chi connectivity index (χ4v) is 1.17. The highest BCUT2D eigenvalue weighted by molar-refractivity contribution is 5.90. The van der Waals surface area contributed by atoms with Gasteiger partial charge in [0.15, 0.2) is 0 Å². The average molecular weight is 248 g/mol. The van der Waals surface area contributed by atoms with Gasteiger partial charge in [-0.1, -0.05) is 11.8 Å². The Bertz CT molecular complexity index is 522. The summed E-state index contributed by atoms with van der Waals surface area (Å²) in [5.74, 6) is 4.03. The maximum absolute atomic E-state index is 11.2. The van der Waals surface area contributed by atoms with E-state index in [0.29, 0.717) is 5.56 Å². The number of phenolic OH excluding ortho intramolecular Hbond substituents is 1. The van der Waals surface area contributed by atoms with Crippen molar-refractivity contribution in [2.45, 2.75) is 6.42 Å². The Morgan fingerprint density at radius 1 is 1.28 bits per heavy atom.